The Morgan fingerprint density at radius 2 is 1.86 bits per heavy atom. The van der Waals surface area contributed by atoms with Gasteiger partial charge < -0.3 is 15.2 Å². The number of hydrogen-bond donors (Lipinski definition) is 2. The maximum absolute atomic E-state index is 13.7. The van der Waals surface area contributed by atoms with Gasteiger partial charge in [0.25, 0.3) is 5.91 Å². The molecule has 4 heterocycles. The van der Waals surface area contributed by atoms with E-state index in [1.807, 2.05) is 19.1 Å². The molecule has 0 saturated carbocycles. The molecule has 1 saturated heterocycles. The predicted octanol–water partition coefficient (Wildman–Crippen LogP) is 7.46. The van der Waals surface area contributed by atoms with Gasteiger partial charge in [-0.1, -0.05) is 51.5 Å². The summed E-state index contributed by atoms with van der Waals surface area (Å²) in [7, 11) is 0. The van der Waals surface area contributed by atoms with Gasteiger partial charge in [0.2, 0.25) is 5.56 Å². The van der Waals surface area contributed by atoms with Crippen molar-refractivity contribution in [3.63, 3.8) is 0 Å². The zero-order valence-electron chi connectivity index (χ0n) is 26.0. The molecule has 3 aromatic heterocycles. The predicted molar refractivity (Wildman–Crippen MR) is 177 cm³/mol. The number of thiophene rings is 1. The van der Waals surface area contributed by atoms with Crippen LogP contribution in [0.3, 0.4) is 0 Å². The lowest BCUT2D eigenvalue weighted by molar-refractivity contribution is 0.0934. The number of nitrogens with one attached hydrogen (secondary N) is 2. The van der Waals surface area contributed by atoms with Crippen LogP contribution in [-0.4, -0.2) is 40.4 Å². The van der Waals surface area contributed by atoms with Crippen molar-refractivity contribution in [2.75, 3.05) is 19.6 Å². The van der Waals surface area contributed by atoms with Gasteiger partial charge in [-0.25, -0.2) is 4.98 Å². The first kappa shape index (κ1) is 29.8. The molecule has 1 fully saturated rings. The molecule has 0 spiro atoms. The molecular formula is C36H44N4O2S. The van der Waals surface area contributed by atoms with Crippen molar-refractivity contribution in [1.82, 2.24) is 20.2 Å². The molecular weight excluding hydrogens is 552 g/mol. The average molecular weight is 597 g/mol. The Morgan fingerprint density at radius 1 is 1.09 bits per heavy atom. The van der Waals surface area contributed by atoms with E-state index in [1.165, 1.54) is 48.3 Å². The number of nitrogens with zero attached hydrogens (tertiary/aromatic N) is 2. The third-order valence-electron chi connectivity index (χ3n) is 9.55. The number of amides is 1. The van der Waals surface area contributed by atoms with Crippen LogP contribution in [0.5, 0.6) is 0 Å². The molecule has 6 rings (SSSR count). The van der Waals surface area contributed by atoms with E-state index in [1.54, 1.807) is 6.07 Å². The SMILES string of the molecule is Cc1[nH]c(=O)ccc1-c1ccc(C(CCN2CCCCC2)NC(=O)c2cc3cc4c(nc3s2)CC[C@H](C(C)(C)C)C4)cc1. The summed E-state index contributed by atoms with van der Waals surface area (Å²) in [5, 5.41) is 4.47. The Bertz CT molecular complexity index is 1660. The van der Waals surface area contributed by atoms with Gasteiger partial charge in [0.15, 0.2) is 0 Å². The van der Waals surface area contributed by atoms with E-state index in [9.17, 15) is 9.59 Å². The van der Waals surface area contributed by atoms with Crippen molar-refractivity contribution in [1.29, 1.82) is 0 Å². The number of likely N-dealkylation sites (tertiary alicyclic amines) is 1. The second-order valence-corrected chi connectivity index (χ2v) is 14.6. The average Bonchev–Trinajstić information content (AvgIpc) is 3.41. The molecule has 6 nitrogen and oxygen atoms in total. The normalized spacial score (nSPS) is 18.4. The third kappa shape index (κ3) is 6.78. The molecule has 226 valence electrons. The van der Waals surface area contributed by atoms with Crippen molar-refractivity contribution in [3.05, 3.63) is 86.3 Å². The summed E-state index contributed by atoms with van der Waals surface area (Å²) in [6, 6.07) is 16.1. The Hall–Kier alpha value is -3.29. The molecule has 7 heteroatoms. The number of H-pyrrole nitrogens is 1. The maximum atomic E-state index is 13.7. The number of aromatic amines is 1. The van der Waals surface area contributed by atoms with Crippen molar-refractivity contribution in [2.24, 2.45) is 11.3 Å². The number of piperidine rings is 1. The largest absolute Gasteiger partial charge is 0.344 e. The van der Waals surface area contributed by atoms with Crippen LogP contribution in [-0.2, 0) is 12.8 Å². The highest BCUT2D eigenvalue weighted by atomic mass is 32.1. The van der Waals surface area contributed by atoms with Crippen LogP contribution < -0.4 is 10.9 Å². The van der Waals surface area contributed by atoms with Gasteiger partial charge in [-0.3, -0.25) is 9.59 Å². The van der Waals surface area contributed by atoms with Crippen LogP contribution in [0.4, 0.5) is 0 Å². The van der Waals surface area contributed by atoms with Crippen LogP contribution in [0, 0.1) is 18.3 Å². The van der Waals surface area contributed by atoms with E-state index in [0.717, 1.165) is 76.4 Å². The summed E-state index contributed by atoms with van der Waals surface area (Å²) in [6.45, 7) is 12.2. The standard InChI is InChI=1S/C36H44N4O2S/c1-23-29(13-15-33(41)37-23)24-8-10-25(11-9-24)31(16-19-40-17-6-5-7-18-40)38-34(42)32-22-27-20-26-21-28(36(2,3)4)12-14-30(26)39-35(27)43-32/h8-11,13,15,20,22,28,31H,5-7,12,14,16-19,21H2,1-4H3,(H,37,41)(H,38,42)/t28-,31?/m0/s1. The van der Waals surface area contributed by atoms with Gasteiger partial charge in [0.05, 0.1) is 10.9 Å². The Labute approximate surface area is 258 Å². The molecule has 43 heavy (non-hydrogen) atoms. The molecule has 0 bridgehead atoms. The number of aryl methyl sites for hydroxylation is 2. The van der Waals surface area contributed by atoms with E-state index >= 15 is 0 Å². The lowest BCUT2D eigenvalue weighted by atomic mass is 9.71. The Kier molecular flexibility index (Phi) is 8.56. The van der Waals surface area contributed by atoms with Crippen molar-refractivity contribution < 1.29 is 4.79 Å². The number of rotatable bonds is 7. The number of fused-ring (bicyclic) bond motifs is 2. The molecule has 2 aliphatic rings. The molecule has 2 N–H and O–H groups in total. The van der Waals surface area contributed by atoms with E-state index in [-0.39, 0.29) is 22.9 Å². The number of pyridine rings is 2. The van der Waals surface area contributed by atoms with Gasteiger partial charge >= 0.3 is 0 Å². The van der Waals surface area contributed by atoms with Crippen LogP contribution in [0.15, 0.2) is 53.3 Å². The first-order chi connectivity index (χ1) is 20.6. The minimum Gasteiger partial charge on any atom is -0.344 e. The zero-order valence-corrected chi connectivity index (χ0v) is 26.8. The molecule has 0 radical (unpaired) electrons. The summed E-state index contributed by atoms with van der Waals surface area (Å²) >= 11 is 1.51. The third-order valence-corrected chi connectivity index (χ3v) is 10.6. The summed E-state index contributed by atoms with van der Waals surface area (Å²) in [5.74, 6) is 0.624. The smallest absolute Gasteiger partial charge is 0.261 e. The van der Waals surface area contributed by atoms with Gasteiger partial charge in [-0.2, -0.15) is 0 Å². The van der Waals surface area contributed by atoms with E-state index in [2.05, 4.69) is 66.3 Å². The fourth-order valence-corrected chi connectivity index (χ4v) is 7.74. The van der Waals surface area contributed by atoms with E-state index in [4.69, 9.17) is 4.98 Å². The van der Waals surface area contributed by atoms with Gasteiger partial charge in [0.1, 0.15) is 4.83 Å². The number of hydrogen-bond acceptors (Lipinski definition) is 5. The van der Waals surface area contributed by atoms with Crippen molar-refractivity contribution in [2.45, 2.75) is 78.7 Å². The summed E-state index contributed by atoms with van der Waals surface area (Å²) in [4.78, 5) is 37.6. The van der Waals surface area contributed by atoms with E-state index < -0.39 is 0 Å². The first-order valence-electron chi connectivity index (χ1n) is 15.9. The minimum absolute atomic E-state index is 0.0299. The fraction of sp³-hybridized carbons (Fsp3) is 0.472. The second-order valence-electron chi connectivity index (χ2n) is 13.6. The monoisotopic (exact) mass is 596 g/mol. The highest BCUT2D eigenvalue weighted by molar-refractivity contribution is 7.20. The molecule has 2 atom stereocenters. The lowest BCUT2D eigenvalue weighted by Crippen LogP contribution is -2.35. The highest BCUT2D eigenvalue weighted by Gasteiger charge is 2.30. The quantitative estimate of drug-likeness (QED) is 0.232. The fourth-order valence-electron chi connectivity index (χ4n) is 6.81. The summed E-state index contributed by atoms with van der Waals surface area (Å²) in [5.41, 5.74) is 6.75. The van der Waals surface area contributed by atoms with Gasteiger partial charge in [-0.15, -0.1) is 11.3 Å². The summed E-state index contributed by atoms with van der Waals surface area (Å²) in [6.07, 6.45) is 7.91. The molecule has 1 amide bonds. The minimum atomic E-state index is -0.0981. The molecule has 1 aliphatic carbocycles. The van der Waals surface area contributed by atoms with Gasteiger partial charge in [-0.05, 0) is 105 Å². The topological polar surface area (TPSA) is 78.1 Å². The summed E-state index contributed by atoms with van der Waals surface area (Å²) < 4.78 is 0. The number of benzene rings is 1. The first-order valence-corrected chi connectivity index (χ1v) is 16.7. The Balaban J connectivity index is 1.23. The molecule has 1 aromatic carbocycles. The Morgan fingerprint density at radius 3 is 2.58 bits per heavy atom. The second kappa shape index (κ2) is 12.4. The number of carbonyl (C=O) groups is 1. The molecule has 4 aromatic rings. The molecule has 1 aliphatic heterocycles. The van der Waals surface area contributed by atoms with Gasteiger partial charge in [0, 0.05) is 34.9 Å². The van der Waals surface area contributed by atoms with Crippen LogP contribution >= 0.6 is 11.3 Å². The highest BCUT2D eigenvalue weighted by Crippen LogP contribution is 2.38. The van der Waals surface area contributed by atoms with Crippen LogP contribution in [0.2, 0.25) is 0 Å². The van der Waals surface area contributed by atoms with Crippen LogP contribution in [0.1, 0.15) is 91.1 Å². The van der Waals surface area contributed by atoms with Crippen molar-refractivity contribution in [3.8, 4) is 11.1 Å². The van der Waals surface area contributed by atoms with E-state index in [0.29, 0.717) is 5.92 Å². The maximum Gasteiger partial charge on any atom is 0.261 e. The lowest BCUT2D eigenvalue weighted by Gasteiger charge is -2.34. The van der Waals surface area contributed by atoms with Crippen LogP contribution in [0.25, 0.3) is 21.3 Å². The van der Waals surface area contributed by atoms with Crippen molar-refractivity contribution >= 4 is 27.5 Å². The zero-order chi connectivity index (χ0) is 30.1. The molecule has 1 unspecified atom stereocenters. The number of carbonyl (C=O) groups excluding carboxylic acids is 1. The number of aromatic nitrogens is 2.